The van der Waals surface area contributed by atoms with E-state index < -0.39 is 0 Å². The maximum Gasteiger partial charge on any atom is 0.0138 e. The zero-order valence-electron chi connectivity index (χ0n) is 10.1. The Labute approximate surface area is 94.2 Å². The Hall–Kier alpha value is -0.0800. The average molecular weight is 210 g/mol. The van der Waals surface area contributed by atoms with Crippen LogP contribution in [0.3, 0.4) is 0 Å². The first kappa shape index (κ1) is 11.4. The van der Waals surface area contributed by atoms with E-state index in [1.165, 1.54) is 51.5 Å². The molecule has 15 heavy (non-hydrogen) atoms. The Kier molecular flexibility index (Phi) is 4.04. The first-order valence-corrected chi connectivity index (χ1v) is 6.82. The van der Waals surface area contributed by atoms with E-state index in [2.05, 4.69) is 11.8 Å². The molecule has 0 aromatic heterocycles. The highest BCUT2D eigenvalue weighted by Gasteiger charge is 2.34. The van der Waals surface area contributed by atoms with Crippen LogP contribution in [0.1, 0.15) is 51.9 Å². The van der Waals surface area contributed by atoms with Gasteiger partial charge >= 0.3 is 0 Å². The molecule has 0 aromatic carbocycles. The van der Waals surface area contributed by atoms with Gasteiger partial charge in [-0.1, -0.05) is 26.2 Å². The van der Waals surface area contributed by atoms with Gasteiger partial charge in [-0.05, 0) is 44.7 Å². The van der Waals surface area contributed by atoms with Crippen LogP contribution in [-0.2, 0) is 0 Å². The predicted molar refractivity (Wildman–Crippen MR) is 64.8 cm³/mol. The fourth-order valence-corrected chi connectivity index (χ4v) is 3.38. The van der Waals surface area contributed by atoms with Crippen molar-refractivity contribution in [1.29, 1.82) is 0 Å². The summed E-state index contributed by atoms with van der Waals surface area (Å²) in [5, 5.41) is 0. The van der Waals surface area contributed by atoms with E-state index in [-0.39, 0.29) is 0 Å². The average Bonchev–Trinajstić information content (AvgIpc) is 2.23. The minimum Gasteiger partial charge on any atom is -0.330 e. The Balaban J connectivity index is 1.97. The van der Waals surface area contributed by atoms with Crippen LogP contribution in [0.2, 0.25) is 0 Å². The summed E-state index contributed by atoms with van der Waals surface area (Å²) in [7, 11) is 0. The number of hydrogen-bond acceptors (Lipinski definition) is 2. The van der Waals surface area contributed by atoms with Crippen LogP contribution in [0.25, 0.3) is 0 Å². The molecule has 0 aromatic rings. The summed E-state index contributed by atoms with van der Waals surface area (Å²) in [5.41, 5.74) is 5.92. The van der Waals surface area contributed by atoms with Gasteiger partial charge in [-0.3, -0.25) is 4.90 Å². The van der Waals surface area contributed by atoms with Gasteiger partial charge < -0.3 is 5.73 Å². The van der Waals surface area contributed by atoms with Crippen molar-refractivity contribution in [2.45, 2.75) is 64.0 Å². The smallest absolute Gasteiger partial charge is 0.0138 e. The number of hydrogen-bond donors (Lipinski definition) is 1. The lowest BCUT2D eigenvalue weighted by molar-refractivity contribution is 0.0359. The molecular weight excluding hydrogens is 184 g/mol. The summed E-state index contributed by atoms with van der Waals surface area (Å²) in [4.78, 5) is 2.76. The van der Waals surface area contributed by atoms with Gasteiger partial charge in [0.15, 0.2) is 0 Å². The lowest BCUT2D eigenvalue weighted by Crippen LogP contribution is -2.51. The maximum absolute atomic E-state index is 5.92. The van der Waals surface area contributed by atoms with Crippen LogP contribution in [0.15, 0.2) is 0 Å². The Morgan fingerprint density at radius 1 is 1.07 bits per heavy atom. The highest BCUT2D eigenvalue weighted by molar-refractivity contribution is 4.89. The zero-order chi connectivity index (χ0) is 10.7. The van der Waals surface area contributed by atoms with Crippen LogP contribution < -0.4 is 5.73 Å². The highest BCUT2D eigenvalue weighted by Crippen LogP contribution is 2.34. The van der Waals surface area contributed by atoms with Crippen LogP contribution in [0.4, 0.5) is 0 Å². The summed E-state index contributed by atoms with van der Waals surface area (Å²) in [6, 6.07) is 1.70. The fraction of sp³-hybridized carbons (Fsp3) is 1.00. The molecule has 2 N–H and O–H groups in total. The third-order valence-electron chi connectivity index (χ3n) is 4.51. The molecule has 2 nitrogen and oxygen atoms in total. The molecule has 0 saturated heterocycles. The fourth-order valence-electron chi connectivity index (χ4n) is 3.38. The monoisotopic (exact) mass is 210 g/mol. The predicted octanol–water partition coefficient (Wildman–Crippen LogP) is 2.38. The van der Waals surface area contributed by atoms with Crippen molar-refractivity contribution in [3.8, 4) is 0 Å². The quantitative estimate of drug-likeness (QED) is 0.772. The summed E-state index contributed by atoms with van der Waals surface area (Å²) in [6.07, 6.45) is 9.89. The van der Waals surface area contributed by atoms with E-state index in [0.29, 0.717) is 0 Å². The highest BCUT2D eigenvalue weighted by atomic mass is 15.2. The number of rotatable bonds is 4. The Bertz CT molecular complexity index is 189. The van der Waals surface area contributed by atoms with Gasteiger partial charge in [0.1, 0.15) is 0 Å². The standard InChI is InChI=1S/C13H26N2/c1-2-15(12-7-5-8-12)13-9-4-3-6-11(13)10-14/h11-13H,2-10,14H2,1H3. The molecule has 2 atom stereocenters. The van der Waals surface area contributed by atoms with Gasteiger partial charge in [-0.15, -0.1) is 0 Å². The summed E-state index contributed by atoms with van der Waals surface area (Å²) in [5.74, 6) is 0.777. The molecule has 2 aliphatic rings. The van der Waals surface area contributed by atoms with E-state index in [1.54, 1.807) is 0 Å². The molecular formula is C13H26N2. The van der Waals surface area contributed by atoms with Crippen molar-refractivity contribution in [3.63, 3.8) is 0 Å². The molecule has 0 spiro atoms. The third kappa shape index (κ3) is 2.36. The normalized spacial score (nSPS) is 33.0. The lowest BCUT2D eigenvalue weighted by Gasteiger charge is -2.46. The van der Waals surface area contributed by atoms with E-state index in [1.807, 2.05) is 0 Å². The van der Waals surface area contributed by atoms with E-state index >= 15 is 0 Å². The third-order valence-corrected chi connectivity index (χ3v) is 4.51. The van der Waals surface area contributed by atoms with Crippen molar-refractivity contribution < 1.29 is 0 Å². The Morgan fingerprint density at radius 2 is 1.80 bits per heavy atom. The van der Waals surface area contributed by atoms with Crippen molar-refractivity contribution in [2.75, 3.05) is 13.1 Å². The summed E-state index contributed by atoms with van der Waals surface area (Å²) >= 11 is 0. The largest absolute Gasteiger partial charge is 0.330 e. The van der Waals surface area contributed by atoms with Crippen molar-refractivity contribution >= 4 is 0 Å². The minimum absolute atomic E-state index is 0.777. The van der Waals surface area contributed by atoms with Gasteiger partial charge in [0.2, 0.25) is 0 Å². The zero-order valence-corrected chi connectivity index (χ0v) is 10.1. The number of nitrogens with two attached hydrogens (primary N) is 1. The van der Waals surface area contributed by atoms with Crippen LogP contribution in [-0.4, -0.2) is 30.1 Å². The maximum atomic E-state index is 5.92. The second kappa shape index (κ2) is 5.31. The van der Waals surface area contributed by atoms with Gasteiger partial charge in [0.25, 0.3) is 0 Å². The van der Waals surface area contributed by atoms with Crippen LogP contribution >= 0.6 is 0 Å². The minimum atomic E-state index is 0.777. The Morgan fingerprint density at radius 3 is 2.33 bits per heavy atom. The van der Waals surface area contributed by atoms with E-state index in [4.69, 9.17) is 5.73 Å². The SMILES string of the molecule is CCN(C1CCC1)C1CCCCC1CN. The molecule has 0 heterocycles. The summed E-state index contributed by atoms with van der Waals surface area (Å²) in [6.45, 7) is 4.44. The number of nitrogens with zero attached hydrogens (tertiary/aromatic N) is 1. The topological polar surface area (TPSA) is 29.3 Å². The van der Waals surface area contributed by atoms with Gasteiger partial charge in [-0.2, -0.15) is 0 Å². The molecule has 2 saturated carbocycles. The molecule has 0 bridgehead atoms. The van der Waals surface area contributed by atoms with E-state index in [0.717, 1.165) is 24.5 Å². The molecule has 2 unspecified atom stereocenters. The molecule has 0 radical (unpaired) electrons. The first-order valence-electron chi connectivity index (χ1n) is 6.82. The van der Waals surface area contributed by atoms with Crippen molar-refractivity contribution in [2.24, 2.45) is 11.7 Å². The van der Waals surface area contributed by atoms with E-state index in [9.17, 15) is 0 Å². The molecule has 2 fully saturated rings. The van der Waals surface area contributed by atoms with Crippen molar-refractivity contribution in [1.82, 2.24) is 4.90 Å². The van der Waals surface area contributed by atoms with Gasteiger partial charge in [-0.25, -0.2) is 0 Å². The van der Waals surface area contributed by atoms with Crippen LogP contribution in [0.5, 0.6) is 0 Å². The second-order valence-corrected chi connectivity index (χ2v) is 5.26. The molecule has 0 aliphatic heterocycles. The summed E-state index contributed by atoms with van der Waals surface area (Å²) < 4.78 is 0. The van der Waals surface area contributed by atoms with Gasteiger partial charge in [0, 0.05) is 12.1 Å². The molecule has 2 aliphatic carbocycles. The molecule has 88 valence electrons. The molecule has 2 heteroatoms. The lowest BCUT2D eigenvalue weighted by atomic mass is 9.80. The van der Waals surface area contributed by atoms with Crippen molar-refractivity contribution in [3.05, 3.63) is 0 Å². The molecule has 2 rings (SSSR count). The first-order chi connectivity index (χ1) is 7.36. The van der Waals surface area contributed by atoms with Gasteiger partial charge in [0.05, 0.1) is 0 Å². The molecule has 0 amide bonds. The second-order valence-electron chi connectivity index (χ2n) is 5.26. The van der Waals surface area contributed by atoms with Crippen LogP contribution in [0, 0.1) is 5.92 Å².